The summed E-state index contributed by atoms with van der Waals surface area (Å²) in [6.07, 6.45) is 5.14. The lowest BCUT2D eigenvalue weighted by atomic mass is 9.81. The maximum atomic E-state index is 13.0. The molecule has 2 aliphatic rings. The molecule has 4 rings (SSSR count). The van der Waals surface area contributed by atoms with Gasteiger partial charge in [0.05, 0.1) is 46.4 Å². The zero-order chi connectivity index (χ0) is 20.9. The lowest BCUT2D eigenvalue weighted by Gasteiger charge is -2.39. The summed E-state index contributed by atoms with van der Waals surface area (Å²) >= 11 is 0. The second kappa shape index (κ2) is 9.52. The maximum Gasteiger partial charge on any atom is 0.254 e. The average Bonchev–Trinajstić information content (AvgIpc) is 2.84. The largest absolute Gasteiger partial charge is 0.497 e. The Morgan fingerprint density at radius 1 is 0.900 bits per heavy atom. The third-order valence-corrected chi connectivity index (χ3v) is 6.87. The van der Waals surface area contributed by atoms with Gasteiger partial charge in [-0.05, 0) is 49.3 Å². The summed E-state index contributed by atoms with van der Waals surface area (Å²) in [6, 6.07) is 17.1. The van der Waals surface area contributed by atoms with Crippen molar-refractivity contribution in [1.29, 1.82) is 0 Å². The van der Waals surface area contributed by atoms with E-state index in [0.29, 0.717) is 23.0 Å². The Kier molecular flexibility index (Phi) is 6.58. The van der Waals surface area contributed by atoms with E-state index in [1.165, 1.54) is 31.2 Å². The summed E-state index contributed by atoms with van der Waals surface area (Å²) in [5.74, 6) is 2.08. The van der Waals surface area contributed by atoms with Gasteiger partial charge < -0.3 is 19.3 Å². The zero-order valence-electron chi connectivity index (χ0n) is 18.1. The highest BCUT2D eigenvalue weighted by Crippen LogP contribution is 2.32. The molecule has 1 N–H and O–H groups in total. The number of rotatable bonds is 5. The average molecular weight is 410 g/mol. The van der Waals surface area contributed by atoms with Crippen molar-refractivity contribution < 1.29 is 19.2 Å². The first kappa shape index (κ1) is 20.7. The van der Waals surface area contributed by atoms with E-state index >= 15 is 0 Å². The van der Waals surface area contributed by atoms with Crippen LogP contribution in [0.3, 0.4) is 0 Å². The minimum atomic E-state index is 0.0686. The van der Waals surface area contributed by atoms with Gasteiger partial charge in [0, 0.05) is 11.6 Å². The summed E-state index contributed by atoms with van der Waals surface area (Å²) in [5.41, 5.74) is 2.13. The quantitative estimate of drug-likeness (QED) is 0.826. The van der Waals surface area contributed by atoms with Crippen LogP contribution in [0.25, 0.3) is 0 Å². The Labute approximate surface area is 179 Å². The third kappa shape index (κ3) is 4.62. The van der Waals surface area contributed by atoms with Crippen LogP contribution in [-0.4, -0.2) is 57.2 Å². The molecular formula is C25H33N2O3+. The van der Waals surface area contributed by atoms with Crippen LogP contribution in [0.15, 0.2) is 48.5 Å². The highest BCUT2D eigenvalue weighted by Gasteiger charge is 2.33. The van der Waals surface area contributed by atoms with Crippen LogP contribution in [0.4, 0.5) is 0 Å². The van der Waals surface area contributed by atoms with Gasteiger partial charge in [-0.3, -0.25) is 4.79 Å². The van der Waals surface area contributed by atoms with Crippen LogP contribution in [0.1, 0.15) is 47.5 Å². The molecule has 5 nitrogen and oxygen atoms in total. The lowest BCUT2D eigenvalue weighted by Crippen LogP contribution is -3.18. The van der Waals surface area contributed by atoms with Crippen molar-refractivity contribution in [1.82, 2.24) is 4.90 Å². The van der Waals surface area contributed by atoms with Gasteiger partial charge in [-0.15, -0.1) is 0 Å². The molecule has 1 aliphatic heterocycles. The van der Waals surface area contributed by atoms with Crippen molar-refractivity contribution >= 4 is 5.91 Å². The number of carbonyl (C=O) groups excluding carboxylic acids is 1. The Balaban J connectivity index is 1.31. The molecular weight excluding hydrogens is 376 g/mol. The van der Waals surface area contributed by atoms with E-state index in [2.05, 4.69) is 30.3 Å². The number of nitrogens with zero attached hydrogens (tertiary/aromatic N) is 1. The van der Waals surface area contributed by atoms with Crippen molar-refractivity contribution in [2.45, 2.75) is 37.6 Å². The van der Waals surface area contributed by atoms with Gasteiger partial charge in [-0.1, -0.05) is 30.3 Å². The molecule has 2 fully saturated rings. The number of hydrogen-bond acceptors (Lipinski definition) is 3. The fourth-order valence-corrected chi connectivity index (χ4v) is 5.08. The van der Waals surface area contributed by atoms with E-state index in [-0.39, 0.29) is 5.91 Å². The molecule has 0 bridgehead atoms. The van der Waals surface area contributed by atoms with Crippen LogP contribution in [-0.2, 0) is 0 Å². The molecule has 1 saturated carbocycles. The van der Waals surface area contributed by atoms with Crippen LogP contribution in [0.2, 0.25) is 0 Å². The van der Waals surface area contributed by atoms with Crippen LogP contribution >= 0.6 is 0 Å². The molecule has 0 radical (unpaired) electrons. The molecule has 1 amide bonds. The third-order valence-electron chi connectivity index (χ3n) is 6.87. The Morgan fingerprint density at radius 3 is 2.07 bits per heavy atom. The first-order valence-corrected chi connectivity index (χ1v) is 11.1. The normalized spacial score (nSPS) is 22.5. The van der Waals surface area contributed by atoms with Crippen LogP contribution in [0, 0.1) is 0 Å². The second-order valence-corrected chi connectivity index (χ2v) is 8.51. The van der Waals surface area contributed by atoms with E-state index in [0.717, 1.165) is 32.2 Å². The second-order valence-electron chi connectivity index (χ2n) is 8.51. The number of amides is 1. The monoisotopic (exact) mass is 409 g/mol. The van der Waals surface area contributed by atoms with Gasteiger partial charge in [-0.2, -0.15) is 0 Å². The minimum absolute atomic E-state index is 0.0686. The Bertz CT molecular complexity index is 816. The number of hydrogen-bond donors (Lipinski definition) is 1. The van der Waals surface area contributed by atoms with E-state index in [9.17, 15) is 4.79 Å². The van der Waals surface area contributed by atoms with Crippen molar-refractivity contribution in [2.24, 2.45) is 0 Å². The number of piperazine rings is 1. The SMILES string of the molecule is COc1cc(OC)cc(C(=O)N2CC[NH+](C3CCC(c4ccccc4)CC3)CC2)c1. The van der Waals surface area contributed by atoms with Crippen LogP contribution < -0.4 is 14.4 Å². The lowest BCUT2D eigenvalue weighted by molar-refractivity contribution is -0.930. The molecule has 5 heteroatoms. The molecule has 2 aromatic rings. The van der Waals surface area contributed by atoms with E-state index in [4.69, 9.17) is 9.47 Å². The fourth-order valence-electron chi connectivity index (χ4n) is 5.08. The molecule has 1 saturated heterocycles. The molecule has 0 unspecified atom stereocenters. The molecule has 0 atom stereocenters. The summed E-state index contributed by atoms with van der Waals surface area (Å²) in [6.45, 7) is 3.69. The van der Waals surface area contributed by atoms with Gasteiger partial charge in [0.15, 0.2) is 0 Å². The van der Waals surface area contributed by atoms with Gasteiger partial charge in [-0.25, -0.2) is 0 Å². The Hall–Kier alpha value is -2.53. The highest BCUT2D eigenvalue weighted by molar-refractivity contribution is 5.95. The summed E-state index contributed by atoms with van der Waals surface area (Å²) in [4.78, 5) is 16.7. The number of ether oxygens (including phenoxy) is 2. The number of quaternary nitrogens is 1. The van der Waals surface area contributed by atoms with Crippen molar-refractivity contribution in [3.05, 3.63) is 59.7 Å². The topological polar surface area (TPSA) is 43.2 Å². The number of benzene rings is 2. The minimum Gasteiger partial charge on any atom is -0.497 e. The van der Waals surface area contributed by atoms with Crippen LogP contribution in [0.5, 0.6) is 11.5 Å². The fraction of sp³-hybridized carbons (Fsp3) is 0.480. The molecule has 0 spiro atoms. The van der Waals surface area contributed by atoms with Gasteiger partial charge in [0.2, 0.25) is 0 Å². The van der Waals surface area contributed by atoms with E-state index < -0.39 is 0 Å². The van der Waals surface area contributed by atoms with E-state index in [1.807, 2.05) is 4.90 Å². The van der Waals surface area contributed by atoms with Crippen molar-refractivity contribution in [3.8, 4) is 11.5 Å². The molecule has 1 aliphatic carbocycles. The first-order chi connectivity index (χ1) is 14.7. The standard InChI is InChI=1S/C25H32N2O3/c1-29-23-16-21(17-24(18-23)30-2)25(28)27-14-12-26(13-15-27)22-10-8-20(9-11-22)19-6-4-3-5-7-19/h3-7,16-18,20,22H,8-15H2,1-2H3/p+1. The number of carbonyl (C=O) groups is 1. The first-order valence-electron chi connectivity index (χ1n) is 11.1. The molecule has 30 heavy (non-hydrogen) atoms. The molecule has 0 aromatic heterocycles. The molecule has 160 valence electrons. The predicted octanol–water partition coefficient (Wildman–Crippen LogP) is 2.77. The molecule has 1 heterocycles. The number of nitrogens with one attached hydrogen (secondary N) is 1. The van der Waals surface area contributed by atoms with Crippen molar-refractivity contribution in [2.75, 3.05) is 40.4 Å². The summed E-state index contributed by atoms with van der Waals surface area (Å²) in [7, 11) is 3.22. The highest BCUT2D eigenvalue weighted by atomic mass is 16.5. The van der Waals surface area contributed by atoms with Gasteiger partial charge in [0.25, 0.3) is 5.91 Å². The Morgan fingerprint density at radius 2 is 1.50 bits per heavy atom. The summed E-state index contributed by atoms with van der Waals surface area (Å²) in [5, 5.41) is 0. The summed E-state index contributed by atoms with van der Waals surface area (Å²) < 4.78 is 10.6. The predicted molar refractivity (Wildman–Crippen MR) is 118 cm³/mol. The zero-order valence-corrected chi connectivity index (χ0v) is 18.1. The van der Waals surface area contributed by atoms with E-state index in [1.54, 1.807) is 37.3 Å². The number of methoxy groups -OCH3 is 2. The van der Waals surface area contributed by atoms with Gasteiger partial charge in [0.1, 0.15) is 11.5 Å². The molecule has 2 aromatic carbocycles. The maximum absolute atomic E-state index is 13.0. The smallest absolute Gasteiger partial charge is 0.254 e. The van der Waals surface area contributed by atoms with Crippen molar-refractivity contribution in [3.63, 3.8) is 0 Å². The van der Waals surface area contributed by atoms with Gasteiger partial charge >= 0.3 is 0 Å².